The molecule has 0 aromatic heterocycles. The first kappa shape index (κ1) is 10.7. The lowest BCUT2D eigenvalue weighted by atomic mass is 10.1. The first-order valence-corrected chi connectivity index (χ1v) is 4.50. The lowest BCUT2D eigenvalue weighted by Crippen LogP contribution is -2.15. The van der Waals surface area contributed by atoms with E-state index in [-0.39, 0.29) is 0 Å². The van der Waals surface area contributed by atoms with E-state index < -0.39 is 11.8 Å². The number of hydrogen-bond donors (Lipinski definition) is 0. The average molecular weight is 213 g/mol. The van der Waals surface area contributed by atoms with Gasteiger partial charge in [0.25, 0.3) is 5.78 Å². The number of carbonyl (C=O) groups excluding carboxylic acids is 2. The molecule has 0 fully saturated rings. The maximum Gasteiger partial charge on any atom is 0.379 e. The molecule has 3 nitrogen and oxygen atoms in total. The van der Waals surface area contributed by atoms with Crippen molar-refractivity contribution in [3.05, 3.63) is 35.4 Å². The van der Waals surface area contributed by atoms with Gasteiger partial charge < -0.3 is 4.74 Å². The van der Waals surface area contributed by atoms with E-state index in [1.165, 1.54) is 7.11 Å². The molecule has 0 saturated heterocycles. The van der Waals surface area contributed by atoms with Gasteiger partial charge in [-0.3, -0.25) is 4.79 Å². The summed E-state index contributed by atoms with van der Waals surface area (Å²) in [6.45, 7) is 0. The molecule has 0 atom stereocenters. The van der Waals surface area contributed by atoms with Crippen LogP contribution in [-0.4, -0.2) is 18.9 Å². The van der Waals surface area contributed by atoms with E-state index in [2.05, 4.69) is 4.74 Å². The van der Waals surface area contributed by atoms with Crippen molar-refractivity contribution >= 4 is 23.4 Å². The standard InChI is InChI=1S/C10H9ClO3/c1-14-10(13)9(12)8-4-2-7(6-11)3-5-8/h2-5H,6H2,1H3. The van der Waals surface area contributed by atoms with Gasteiger partial charge >= 0.3 is 5.97 Å². The van der Waals surface area contributed by atoms with E-state index in [9.17, 15) is 9.59 Å². The van der Waals surface area contributed by atoms with Crippen LogP contribution < -0.4 is 0 Å². The molecule has 0 amide bonds. The zero-order valence-corrected chi connectivity index (χ0v) is 8.38. The molecule has 1 rings (SSSR count). The Balaban J connectivity index is 2.87. The third-order valence-electron chi connectivity index (χ3n) is 1.74. The number of halogens is 1. The number of methoxy groups -OCH3 is 1. The van der Waals surface area contributed by atoms with Crippen LogP contribution in [0.25, 0.3) is 0 Å². The van der Waals surface area contributed by atoms with Crippen molar-refractivity contribution in [2.75, 3.05) is 7.11 Å². The molecule has 1 aromatic rings. The summed E-state index contributed by atoms with van der Waals surface area (Å²) in [6, 6.07) is 6.50. The maximum absolute atomic E-state index is 11.3. The first-order valence-electron chi connectivity index (χ1n) is 3.96. The molecular weight excluding hydrogens is 204 g/mol. The maximum atomic E-state index is 11.3. The molecule has 0 bridgehead atoms. The lowest BCUT2D eigenvalue weighted by Gasteiger charge is -1.99. The topological polar surface area (TPSA) is 43.4 Å². The lowest BCUT2D eigenvalue weighted by molar-refractivity contribution is -0.135. The highest BCUT2D eigenvalue weighted by molar-refractivity contribution is 6.40. The van der Waals surface area contributed by atoms with E-state index in [1.54, 1.807) is 24.3 Å². The molecule has 0 saturated carbocycles. The quantitative estimate of drug-likeness (QED) is 0.332. The molecule has 0 radical (unpaired) electrons. The average Bonchev–Trinajstić information content (AvgIpc) is 2.27. The zero-order chi connectivity index (χ0) is 10.6. The van der Waals surface area contributed by atoms with E-state index in [4.69, 9.17) is 11.6 Å². The number of esters is 1. The number of alkyl halides is 1. The SMILES string of the molecule is COC(=O)C(=O)c1ccc(CCl)cc1. The Morgan fingerprint density at radius 3 is 2.29 bits per heavy atom. The monoisotopic (exact) mass is 212 g/mol. The molecule has 14 heavy (non-hydrogen) atoms. The highest BCUT2D eigenvalue weighted by atomic mass is 35.5. The number of ether oxygens (including phenoxy) is 1. The number of rotatable bonds is 3. The van der Waals surface area contributed by atoms with Crippen molar-refractivity contribution in [2.45, 2.75) is 5.88 Å². The van der Waals surface area contributed by atoms with Gasteiger partial charge in [0.15, 0.2) is 0 Å². The number of hydrogen-bond acceptors (Lipinski definition) is 3. The second-order valence-electron chi connectivity index (χ2n) is 2.65. The smallest absolute Gasteiger partial charge is 0.379 e. The Morgan fingerprint density at radius 1 is 1.29 bits per heavy atom. The minimum absolute atomic E-state index is 0.311. The summed E-state index contributed by atoms with van der Waals surface area (Å²) in [5, 5.41) is 0. The molecule has 0 heterocycles. The largest absolute Gasteiger partial charge is 0.463 e. The Labute approximate surface area is 86.6 Å². The zero-order valence-electron chi connectivity index (χ0n) is 7.62. The Bertz CT molecular complexity index is 343. The molecule has 0 aliphatic heterocycles. The fraction of sp³-hybridized carbons (Fsp3) is 0.200. The number of ketones is 1. The van der Waals surface area contributed by atoms with Crippen molar-refractivity contribution in [1.82, 2.24) is 0 Å². The van der Waals surface area contributed by atoms with Crippen molar-refractivity contribution in [3.8, 4) is 0 Å². The Kier molecular flexibility index (Phi) is 3.65. The van der Waals surface area contributed by atoms with Gasteiger partial charge in [0.2, 0.25) is 0 Å². The van der Waals surface area contributed by atoms with Gasteiger partial charge in [0, 0.05) is 11.4 Å². The van der Waals surface area contributed by atoms with Crippen LogP contribution in [0.3, 0.4) is 0 Å². The first-order chi connectivity index (χ1) is 6.69. The summed E-state index contributed by atoms with van der Waals surface area (Å²) in [5.41, 5.74) is 1.21. The predicted molar refractivity (Wildman–Crippen MR) is 52.3 cm³/mol. The molecule has 0 aliphatic rings. The van der Waals surface area contributed by atoms with Crippen molar-refractivity contribution in [1.29, 1.82) is 0 Å². The Hall–Kier alpha value is -1.35. The molecule has 0 N–H and O–H groups in total. The number of carbonyl (C=O) groups is 2. The second kappa shape index (κ2) is 4.77. The van der Waals surface area contributed by atoms with Crippen LogP contribution in [0.5, 0.6) is 0 Å². The summed E-state index contributed by atoms with van der Waals surface area (Å²) in [5.74, 6) is -1.12. The molecule has 74 valence electrons. The van der Waals surface area contributed by atoms with Gasteiger partial charge in [0.05, 0.1) is 7.11 Å². The third-order valence-corrected chi connectivity index (χ3v) is 2.05. The summed E-state index contributed by atoms with van der Waals surface area (Å²) >= 11 is 5.57. The van der Waals surface area contributed by atoms with Gasteiger partial charge in [-0.05, 0) is 5.56 Å². The summed E-state index contributed by atoms with van der Waals surface area (Å²) in [7, 11) is 1.17. The number of benzene rings is 1. The normalized spacial score (nSPS) is 9.57. The van der Waals surface area contributed by atoms with Gasteiger partial charge in [0.1, 0.15) is 0 Å². The van der Waals surface area contributed by atoms with Crippen molar-refractivity contribution in [2.24, 2.45) is 0 Å². The minimum atomic E-state index is -0.858. The molecule has 1 aromatic carbocycles. The summed E-state index contributed by atoms with van der Waals surface area (Å²) in [4.78, 5) is 22.1. The van der Waals surface area contributed by atoms with Gasteiger partial charge in [-0.25, -0.2) is 4.79 Å². The summed E-state index contributed by atoms with van der Waals surface area (Å²) < 4.78 is 4.31. The fourth-order valence-electron chi connectivity index (χ4n) is 0.956. The molecular formula is C10H9ClO3. The van der Waals surface area contributed by atoms with Crippen LogP contribution in [0, 0.1) is 0 Å². The minimum Gasteiger partial charge on any atom is -0.463 e. The highest BCUT2D eigenvalue weighted by Gasteiger charge is 2.15. The van der Waals surface area contributed by atoms with E-state index in [0.29, 0.717) is 11.4 Å². The van der Waals surface area contributed by atoms with Crippen LogP contribution in [0.1, 0.15) is 15.9 Å². The Morgan fingerprint density at radius 2 is 1.86 bits per heavy atom. The van der Waals surface area contributed by atoms with Crippen LogP contribution in [-0.2, 0) is 15.4 Å². The van der Waals surface area contributed by atoms with Crippen molar-refractivity contribution in [3.63, 3.8) is 0 Å². The van der Waals surface area contributed by atoms with Gasteiger partial charge in [-0.1, -0.05) is 24.3 Å². The third kappa shape index (κ3) is 2.33. The molecule has 4 heteroatoms. The molecule has 0 spiro atoms. The van der Waals surface area contributed by atoms with E-state index in [0.717, 1.165) is 5.56 Å². The predicted octanol–water partition coefficient (Wildman–Crippen LogP) is 1.78. The van der Waals surface area contributed by atoms with Crippen LogP contribution in [0.4, 0.5) is 0 Å². The second-order valence-corrected chi connectivity index (χ2v) is 2.92. The number of Topliss-reactive ketones (excluding diaryl/α,β-unsaturated/α-hetero) is 1. The van der Waals surface area contributed by atoms with Crippen molar-refractivity contribution < 1.29 is 14.3 Å². The summed E-state index contributed by atoms with van der Waals surface area (Å²) in [6.07, 6.45) is 0. The molecule has 0 aliphatic carbocycles. The molecule has 0 unspecified atom stereocenters. The van der Waals surface area contributed by atoms with Crippen LogP contribution in [0.2, 0.25) is 0 Å². The van der Waals surface area contributed by atoms with E-state index >= 15 is 0 Å². The van der Waals surface area contributed by atoms with Gasteiger partial charge in [-0.2, -0.15) is 0 Å². The van der Waals surface area contributed by atoms with Crippen LogP contribution in [0.15, 0.2) is 24.3 Å². The van der Waals surface area contributed by atoms with Crippen LogP contribution >= 0.6 is 11.6 Å². The fourth-order valence-corrected chi connectivity index (χ4v) is 1.13. The van der Waals surface area contributed by atoms with Gasteiger partial charge in [-0.15, -0.1) is 11.6 Å². The highest BCUT2D eigenvalue weighted by Crippen LogP contribution is 2.07. The van der Waals surface area contributed by atoms with E-state index in [1.807, 2.05) is 0 Å².